The Labute approximate surface area is 171 Å². The monoisotopic (exact) mass is 403 g/mol. The number of likely N-dealkylation sites (N-methyl/N-ethyl adjacent to an activating group) is 1. The van der Waals surface area contributed by atoms with E-state index in [1.165, 1.54) is 12.1 Å². The third-order valence-electron chi connectivity index (χ3n) is 5.72. The minimum absolute atomic E-state index is 0.0920. The lowest BCUT2D eigenvalue weighted by Crippen LogP contribution is -2.59. The van der Waals surface area contributed by atoms with Crippen molar-refractivity contribution >= 4 is 17.4 Å². The average molecular weight is 403 g/mol. The van der Waals surface area contributed by atoms with Crippen LogP contribution in [0.15, 0.2) is 76.2 Å². The van der Waals surface area contributed by atoms with Crippen LogP contribution in [0, 0.1) is 10.1 Å². The number of hydrogen-bond acceptors (Lipinski definition) is 7. The second-order valence-corrected chi connectivity index (χ2v) is 7.29. The summed E-state index contributed by atoms with van der Waals surface area (Å²) in [5.41, 5.74) is 0.648. The largest absolute Gasteiger partial charge is 0.490 e. The second-order valence-electron chi connectivity index (χ2n) is 7.29. The van der Waals surface area contributed by atoms with Gasteiger partial charge < -0.3 is 9.15 Å². The number of Topliss-reactive ketones (excluding diaryl/α,β-unsaturated/α-hetero) is 1. The maximum atomic E-state index is 13.8. The highest BCUT2D eigenvalue weighted by molar-refractivity contribution is 6.15. The molecule has 5 rings (SSSR count). The molecule has 30 heavy (non-hydrogen) atoms. The quantitative estimate of drug-likeness (QED) is 0.489. The molecule has 3 heterocycles. The number of benzene rings is 2. The van der Waals surface area contributed by atoms with E-state index in [0.29, 0.717) is 17.0 Å². The number of rotatable bonds is 3. The van der Waals surface area contributed by atoms with E-state index in [0.717, 1.165) is 5.56 Å². The highest BCUT2D eigenvalue weighted by Crippen LogP contribution is 2.47. The van der Waals surface area contributed by atoms with Crippen molar-refractivity contribution < 1.29 is 18.9 Å². The Hall–Kier alpha value is -3.94. The van der Waals surface area contributed by atoms with Gasteiger partial charge in [0.15, 0.2) is 17.1 Å². The average Bonchev–Trinajstić information content (AvgIpc) is 3.36. The van der Waals surface area contributed by atoms with Crippen LogP contribution in [0.3, 0.4) is 0 Å². The van der Waals surface area contributed by atoms with Gasteiger partial charge in [0.1, 0.15) is 23.0 Å². The molecule has 1 aromatic heterocycles. The van der Waals surface area contributed by atoms with Crippen molar-refractivity contribution in [3.8, 4) is 5.75 Å². The number of ketones is 1. The van der Waals surface area contributed by atoms with E-state index < -0.39 is 16.4 Å². The lowest BCUT2D eigenvalue weighted by Gasteiger charge is -2.41. The van der Waals surface area contributed by atoms with Crippen molar-refractivity contribution in [3.05, 3.63) is 93.7 Å². The van der Waals surface area contributed by atoms with Crippen molar-refractivity contribution in [2.75, 3.05) is 13.7 Å². The predicted molar refractivity (Wildman–Crippen MR) is 108 cm³/mol. The Morgan fingerprint density at radius 3 is 2.57 bits per heavy atom. The Morgan fingerprint density at radius 2 is 1.83 bits per heavy atom. The number of para-hydroxylation sites is 1. The third kappa shape index (κ3) is 2.46. The molecule has 0 N–H and O–H groups in total. The van der Waals surface area contributed by atoms with Crippen molar-refractivity contribution in [2.24, 2.45) is 5.10 Å². The Kier molecular flexibility index (Phi) is 3.95. The third-order valence-corrected chi connectivity index (χ3v) is 5.72. The summed E-state index contributed by atoms with van der Waals surface area (Å²) < 4.78 is 11.5. The van der Waals surface area contributed by atoms with E-state index in [1.807, 2.05) is 36.4 Å². The van der Waals surface area contributed by atoms with Gasteiger partial charge in [-0.05, 0) is 23.8 Å². The molecule has 150 valence electrons. The maximum Gasteiger partial charge on any atom is 0.433 e. The molecule has 2 aliphatic rings. The van der Waals surface area contributed by atoms with Gasteiger partial charge in [0.05, 0.1) is 17.5 Å². The Morgan fingerprint density at radius 1 is 1.10 bits per heavy atom. The summed E-state index contributed by atoms with van der Waals surface area (Å²) in [7, 11) is 1.72. The standard InChI is InChI=1S/C22H17N3O5/c1-24-22(13-29-16-10-6-5-9-15(16)21(22)26)19(14-7-3-2-4-8-14)20(23-24)17-11-12-18(30-17)25(27)28/h2-12,19H,13H2,1H3. The molecular weight excluding hydrogens is 386 g/mol. The van der Waals surface area contributed by atoms with Gasteiger partial charge in [-0.15, -0.1) is 0 Å². The van der Waals surface area contributed by atoms with Gasteiger partial charge in [-0.2, -0.15) is 5.10 Å². The zero-order valence-electron chi connectivity index (χ0n) is 16.0. The van der Waals surface area contributed by atoms with Crippen LogP contribution in [0.2, 0.25) is 0 Å². The lowest BCUT2D eigenvalue weighted by atomic mass is 9.71. The highest BCUT2D eigenvalue weighted by Gasteiger charge is 2.59. The van der Waals surface area contributed by atoms with Crippen LogP contribution >= 0.6 is 0 Å². The van der Waals surface area contributed by atoms with Crippen LogP contribution in [0.5, 0.6) is 5.75 Å². The van der Waals surface area contributed by atoms with Gasteiger partial charge >= 0.3 is 5.88 Å². The smallest absolute Gasteiger partial charge is 0.433 e. The molecule has 0 saturated carbocycles. The molecule has 0 aliphatic carbocycles. The van der Waals surface area contributed by atoms with Crippen molar-refractivity contribution in [1.29, 1.82) is 0 Å². The van der Waals surface area contributed by atoms with Gasteiger partial charge in [-0.1, -0.05) is 42.5 Å². The fraction of sp³-hybridized carbons (Fsp3) is 0.182. The van der Waals surface area contributed by atoms with E-state index >= 15 is 0 Å². The van der Waals surface area contributed by atoms with Crippen LogP contribution in [0.25, 0.3) is 0 Å². The molecule has 8 nitrogen and oxygen atoms in total. The summed E-state index contributed by atoms with van der Waals surface area (Å²) in [6.07, 6.45) is 0. The first-order valence-electron chi connectivity index (χ1n) is 9.41. The summed E-state index contributed by atoms with van der Waals surface area (Å²) in [6, 6.07) is 19.4. The molecule has 0 radical (unpaired) electrons. The summed E-state index contributed by atoms with van der Waals surface area (Å²) in [5, 5.41) is 17.3. The first kappa shape index (κ1) is 18.1. The zero-order chi connectivity index (χ0) is 20.9. The zero-order valence-corrected chi connectivity index (χ0v) is 16.0. The predicted octanol–water partition coefficient (Wildman–Crippen LogP) is 3.64. The maximum absolute atomic E-state index is 13.8. The molecule has 2 atom stereocenters. The van der Waals surface area contributed by atoms with E-state index in [1.54, 1.807) is 30.3 Å². The Balaban J connectivity index is 1.68. The molecule has 0 amide bonds. The molecule has 3 aromatic rings. The first-order chi connectivity index (χ1) is 14.5. The van der Waals surface area contributed by atoms with E-state index in [9.17, 15) is 14.9 Å². The number of fused-ring (bicyclic) bond motifs is 1. The number of furan rings is 1. The second kappa shape index (κ2) is 6.55. The van der Waals surface area contributed by atoms with Crippen LogP contribution in [0.4, 0.5) is 5.88 Å². The number of carbonyl (C=O) groups excluding carboxylic acids is 1. The SMILES string of the molecule is CN1N=C(c2ccc([N+](=O)[O-])o2)C(c2ccccc2)C12COc1ccccc1C2=O. The van der Waals surface area contributed by atoms with Gasteiger partial charge in [0, 0.05) is 7.05 Å². The number of nitrogens with zero attached hydrogens (tertiary/aromatic N) is 3. The minimum atomic E-state index is -1.13. The van der Waals surface area contributed by atoms with Crippen LogP contribution in [0.1, 0.15) is 27.6 Å². The molecule has 2 aromatic carbocycles. The fourth-order valence-corrected chi connectivity index (χ4v) is 4.28. The highest BCUT2D eigenvalue weighted by atomic mass is 16.6. The number of carbonyl (C=O) groups is 1. The first-order valence-corrected chi connectivity index (χ1v) is 9.41. The summed E-state index contributed by atoms with van der Waals surface area (Å²) >= 11 is 0. The lowest BCUT2D eigenvalue weighted by molar-refractivity contribution is -0.402. The number of hydrogen-bond donors (Lipinski definition) is 0. The number of ether oxygens (including phenoxy) is 1. The molecule has 0 fully saturated rings. The Bertz CT molecular complexity index is 1190. The van der Waals surface area contributed by atoms with Gasteiger partial charge in [0.25, 0.3) is 0 Å². The van der Waals surface area contributed by atoms with E-state index in [4.69, 9.17) is 9.15 Å². The van der Waals surface area contributed by atoms with Gasteiger partial charge in [0.2, 0.25) is 0 Å². The molecule has 0 bridgehead atoms. The van der Waals surface area contributed by atoms with Gasteiger partial charge in [-0.25, -0.2) is 0 Å². The molecule has 2 unspecified atom stereocenters. The molecular formula is C22H17N3O5. The van der Waals surface area contributed by atoms with E-state index in [2.05, 4.69) is 5.10 Å². The molecule has 8 heteroatoms. The normalized spacial score (nSPS) is 22.6. The van der Waals surface area contributed by atoms with Gasteiger partial charge in [-0.3, -0.25) is 19.9 Å². The molecule has 2 aliphatic heterocycles. The number of nitro groups is 1. The topological polar surface area (TPSA) is 98.2 Å². The summed E-state index contributed by atoms with van der Waals surface area (Å²) in [6.45, 7) is 0.0920. The molecule has 0 saturated heterocycles. The van der Waals surface area contributed by atoms with Crippen LogP contribution in [-0.4, -0.2) is 40.6 Å². The van der Waals surface area contributed by atoms with E-state index in [-0.39, 0.29) is 24.0 Å². The molecule has 1 spiro atoms. The van der Waals surface area contributed by atoms with Crippen molar-refractivity contribution in [3.63, 3.8) is 0 Å². The number of hydrazone groups is 1. The summed E-state index contributed by atoms with van der Waals surface area (Å²) in [5.74, 6) is -0.225. The fourth-order valence-electron chi connectivity index (χ4n) is 4.28. The van der Waals surface area contributed by atoms with Crippen molar-refractivity contribution in [1.82, 2.24) is 5.01 Å². The minimum Gasteiger partial charge on any atom is -0.490 e. The van der Waals surface area contributed by atoms with Crippen molar-refractivity contribution in [2.45, 2.75) is 11.5 Å². The van der Waals surface area contributed by atoms with Crippen LogP contribution < -0.4 is 4.74 Å². The summed E-state index contributed by atoms with van der Waals surface area (Å²) in [4.78, 5) is 24.3. The van der Waals surface area contributed by atoms with Crippen LogP contribution in [-0.2, 0) is 0 Å².